The number of aryl methyl sites for hydroxylation is 1. The summed E-state index contributed by atoms with van der Waals surface area (Å²) in [5, 5.41) is 11.6. The summed E-state index contributed by atoms with van der Waals surface area (Å²) >= 11 is 1.24. The number of carbonyl (C=O) groups excluding carboxylic acids is 2. The van der Waals surface area contributed by atoms with Crippen molar-refractivity contribution in [2.45, 2.75) is 19.4 Å². The summed E-state index contributed by atoms with van der Waals surface area (Å²) in [7, 11) is 4.63. The zero-order chi connectivity index (χ0) is 25.8. The number of methoxy groups -OCH3 is 3. The Morgan fingerprint density at radius 3 is 2.47 bits per heavy atom. The topological polar surface area (TPSA) is 98.2 Å². The first-order valence-corrected chi connectivity index (χ1v) is 12.2. The number of rotatable bonds is 10. The normalized spacial score (nSPS) is 15.5. The van der Waals surface area contributed by atoms with Crippen molar-refractivity contribution in [1.29, 1.82) is 0 Å². The quantitative estimate of drug-likeness (QED) is 0.312. The molecule has 1 unspecified atom stereocenters. The number of ketones is 1. The molecule has 0 radical (unpaired) electrons. The van der Waals surface area contributed by atoms with Gasteiger partial charge in [-0.3, -0.25) is 9.59 Å². The monoisotopic (exact) mass is 508 g/mol. The molecule has 1 amide bonds. The fraction of sp³-hybridized carbons (Fsp3) is 0.296. The summed E-state index contributed by atoms with van der Waals surface area (Å²) in [6.07, 6.45) is 0.540. The first kappa shape index (κ1) is 25.4. The number of ether oxygens (including phenoxy) is 3. The van der Waals surface area contributed by atoms with Crippen LogP contribution in [0.15, 0.2) is 59.9 Å². The molecule has 1 aliphatic heterocycles. The molecule has 3 aromatic rings. The van der Waals surface area contributed by atoms with E-state index in [9.17, 15) is 14.7 Å². The van der Waals surface area contributed by atoms with Crippen LogP contribution in [0.1, 0.15) is 33.4 Å². The molecule has 0 bridgehead atoms. The number of Topliss-reactive ketones (excluding diaryl/α,β-unsaturated/α-hetero) is 1. The van der Waals surface area contributed by atoms with Crippen LogP contribution in [-0.2, 0) is 9.53 Å². The smallest absolute Gasteiger partial charge is 0.290 e. The Hall–Kier alpha value is -3.69. The van der Waals surface area contributed by atoms with Crippen molar-refractivity contribution in [3.05, 3.63) is 76.0 Å². The Morgan fingerprint density at radius 1 is 1.08 bits per heavy atom. The molecule has 1 aliphatic rings. The van der Waals surface area contributed by atoms with E-state index in [0.717, 1.165) is 5.56 Å². The van der Waals surface area contributed by atoms with Crippen molar-refractivity contribution in [1.82, 2.24) is 9.88 Å². The third-order valence-corrected chi connectivity index (χ3v) is 7.25. The highest BCUT2D eigenvalue weighted by molar-refractivity contribution is 7.17. The minimum atomic E-state index is -0.802. The van der Waals surface area contributed by atoms with Gasteiger partial charge in [0.25, 0.3) is 5.91 Å². The van der Waals surface area contributed by atoms with Crippen LogP contribution in [0.2, 0.25) is 0 Å². The third-order valence-electron chi connectivity index (χ3n) is 6.04. The van der Waals surface area contributed by atoms with Gasteiger partial charge in [-0.15, -0.1) is 11.3 Å². The molecular formula is C27H28N2O6S. The molecular weight excluding hydrogens is 480 g/mol. The number of hydrogen-bond acceptors (Lipinski definition) is 8. The molecule has 9 heteroatoms. The van der Waals surface area contributed by atoms with Crippen LogP contribution in [0.4, 0.5) is 0 Å². The van der Waals surface area contributed by atoms with Gasteiger partial charge in [0.15, 0.2) is 17.3 Å². The van der Waals surface area contributed by atoms with E-state index < -0.39 is 23.5 Å². The summed E-state index contributed by atoms with van der Waals surface area (Å²) < 4.78 is 16.0. The maximum atomic E-state index is 13.9. The molecule has 8 nitrogen and oxygen atoms in total. The van der Waals surface area contributed by atoms with Gasteiger partial charge in [-0.1, -0.05) is 36.4 Å². The second kappa shape index (κ2) is 10.9. The first-order valence-electron chi connectivity index (χ1n) is 11.4. The van der Waals surface area contributed by atoms with E-state index >= 15 is 0 Å². The molecule has 0 saturated heterocycles. The van der Waals surface area contributed by atoms with Gasteiger partial charge in [-0.2, -0.15) is 0 Å². The minimum Gasteiger partial charge on any atom is -0.503 e. The average Bonchev–Trinajstić information content (AvgIpc) is 3.41. The summed E-state index contributed by atoms with van der Waals surface area (Å²) in [6.45, 7) is 2.48. The summed E-state index contributed by atoms with van der Waals surface area (Å²) in [6, 6.07) is 14.0. The molecule has 1 atom stereocenters. The molecule has 0 aliphatic carbocycles. The van der Waals surface area contributed by atoms with Crippen LogP contribution in [0.3, 0.4) is 0 Å². The van der Waals surface area contributed by atoms with Crippen molar-refractivity contribution in [2.75, 3.05) is 34.5 Å². The third kappa shape index (κ3) is 4.72. The Kier molecular flexibility index (Phi) is 7.71. The lowest BCUT2D eigenvalue weighted by atomic mass is 9.94. The highest BCUT2D eigenvalue weighted by Gasteiger charge is 2.44. The van der Waals surface area contributed by atoms with E-state index in [4.69, 9.17) is 14.2 Å². The Morgan fingerprint density at radius 2 is 1.81 bits per heavy atom. The predicted octanol–water partition coefficient (Wildman–Crippen LogP) is 4.75. The predicted molar refractivity (Wildman–Crippen MR) is 137 cm³/mol. The molecule has 1 aromatic heterocycles. The van der Waals surface area contributed by atoms with Crippen LogP contribution >= 0.6 is 11.3 Å². The summed E-state index contributed by atoms with van der Waals surface area (Å²) in [5.41, 5.74) is 2.08. The number of aliphatic hydroxyl groups is 1. The fourth-order valence-corrected chi connectivity index (χ4v) is 5.32. The lowest BCUT2D eigenvalue weighted by Gasteiger charge is -2.27. The van der Waals surface area contributed by atoms with Crippen LogP contribution < -0.4 is 9.47 Å². The number of thiazole rings is 1. The largest absolute Gasteiger partial charge is 0.503 e. The van der Waals surface area contributed by atoms with E-state index in [-0.39, 0.29) is 5.57 Å². The van der Waals surface area contributed by atoms with Crippen LogP contribution in [-0.4, -0.2) is 61.2 Å². The Balaban J connectivity index is 1.79. The fourth-order valence-electron chi connectivity index (χ4n) is 4.30. The zero-order valence-corrected chi connectivity index (χ0v) is 21.4. The van der Waals surface area contributed by atoms with Crippen molar-refractivity contribution in [2.24, 2.45) is 0 Å². The highest BCUT2D eigenvalue weighted by atomic mass is 32.1. The number of carbonyl (C=O) groups is 2. The van der Waals surface area contributed by atoms with E-state index in [1.807, 2.05) is 30.3 Å². The second-order valence-electron chi connectivity index (χ2n) is 8.25. The van der Waals surface area contributed by atoms with E-state index in [2.05, 4.69) is 4.98 Å². The van der Waals surface area contributed by atoms with Gasteiger partial charge < -0.3 is 24.2 Å². The van der Waals surface area contributed by atoms with Crippen molar-refractivity contribution in [3.63, 3.8) is 0 Å². The van der Waals surface area contributed by atoms with Gasteiger partial charge in [0.1, 0.15) is 5.01 Å². The van der Waals surface area contributed by atoms with Gasteiger partial charge in [0, 0.05) is 25.8 Å². The van der Waals surface area contributed by atoms with E-state index in [1.54, 1.807) is 32.2 Å². The lowest BCUT2D eigenvalue weighted by Crippen LogP contribution is -2.32. The number of aliphatic hydroxyl groups excluding tert-OH is 1. The average molecular weight is 509 g/mol. The first-order chi connectivity index (χ1) is 17.4. The lowest BCUT2D eigenvalue weighted by molar-refractivity contribution is -0.129. The van der Waals surface area contributed by atoms with Gasteiger partial charge in [0.2, 0.25) is 5.78 Å². The van der Waals surface area contributed by atoms with Crippen molar-refractivity contribution >= 4 is 23.0 Å². The Bertz CT molecular complexity index is 1300. The number of amides is 1. The molecule has 0 fully saturated rings. The van der Waals surface area contributed by atoms with Crippen LogP contribution in [0.5, 0.6) is 11.5 Å². The van der Waals surface area contributed by atoms with Crippen LogP contribution in [0.25, 0.3) is 10.6 Å². The SMILES string of the molecule is COCCCN1C(=O)C(O)=C(C(=O)c2sc(-c3ccccc3)nc2C)C1c1ccc(OC)c(OC)c1. The number of benzene rings is 2. The highest BCUT2D eigenvalue weighted by Crippen LogP contribution is 2.43. The number of hydrogen-bond donors (Lipinski definition) is 1. The minimum absolute atomic E-state index is 0.0241. The van der Waals surface area contributed by atoms with Gasteiger partial charge in [0.05, 0.1) is 36.4 Å². The number of nitrogens with zero attached hydrogens (tertiary/aromatic N) is 2. The summed E-state index contributed by atoms with van der Waals surface area (Å²) in [4.78, 5) is 33.5. The molecule has 4 rings (SSSR count). The standard InChI is InChI=1S/C27H28N2O6S/c1-16-25(36-26(28-16)17-9-6-5-7-10-17)23(30)21-22(18-11-12-19(34-3)20(15-18)35-4)29(13-8-14-33-2)27(32)24(21)31/h5-7,9-12,15,22,31H,8,13-14H2,1-4H3. The maximum Gasteiger partial charge on any atom is 0.290 e. The molecule has 188 valence electrons. The van der Waals surface area contributed by atoms with Gasteiger partial charge >= 0.3 is 0 Å². The van der Waals surface area contributed by atoms with E-state index in [1.165, 1.54) is 30.5 Å². The molecule has 0 saturated carbocycles. The van der Waals surface area contributed by atoms with Gasteiger partial charge in [-0.05, 0) is 31.0 Å². The Labute approximate surface area is 213 Å². The molecule has 0 spiro atoms. The molecule has 2 aromatic carbocycles. The maximum absolute atomic E-state index is 13.9. The van der Waals surface area contributed by atoms with Crippen LogP contribution in [0, 0.1) is 6.92 Å². The zero-order valence-electron chi connectivity index (χ0n) is 20.6. The number of aromatic nitrogens is 1. The van der Waals surface area contributed by atoms with Crippen molar-refractivity contribution < 1.29 is 28.9 Å². The van der Waals surface area contributed by atoms with Gasteiger partial charge in [-0.25, -0.2) is 4.98 Å². The van der Waals surface area contributed by atoms with Crippen molar-refractivity contribution in [3.8, 4) is 22.1 Å². The summed E-state index contributed by atoms with van der Waals surface area (Å²) in [5.74, 6) is -0.598. The molecule has 2 heterocycles. The van der Waals surface area contributed by atoms with E-state index in [0.29, 0.717) is 52.2 Å². The molecule has 1 N–H and O–H groups in total. The second-order valence-corrected chi connectivity index (χ2v) is 9.25. The molecule has 36 heavy (non-hydrogen) atoms.